The maximum absolute atomic E-state index is 12.6. The fraction of sp³-hybridized carbons (Fsp3) is 0.238. The Kier molecular flexibility index (Phi) is 6.74. The summed E-state index contributed by atoms with van der Waals surface area (Å²) in [6.07, 6.45) is 1.58. The minimum absolute atomic E-state index is 0.118. The Morgan fingerprint density at radius 2 is 1.80 bits per heavy atom. The standard InChI is InChI=1S/C21H21BrN2O5S/c1-4-24(5-2)30(26,27)17-9-6-14(7-10-17)20-23-18(21(25)29-20)13-15-12-16(22)8-11-19(15)28-3/h6-13H,4-5H2,1-3H3/b18-13-. The van der Waals surface area contributed by atoms with Crippen molar-refractivity contribution in [2.24, 2.45) is 4.99 Å². The van der Waals surface area contributed by atoms with E-state index in [9.17, 15) is 13.2 Å². The molecule has 0 spiro atoms. The molecule has 0 unspecified atom stereocenters. The molecule has 2 aromatic rings. The van der Waals surface area contributed by atoms with Crippen LogP contribution in [0.4, 0.5) is 0 Å². The van der Waals surface area contributed by atoms with Gasteiger partial charge in [0, 0.05) is 28.7 Å². The van der Waals surface area contributed by atoms with Gasteiger partial charge in [0.05, 0.1) is 12.0 Å². The van der Waals surface area contributed by atoms with Gasteiger partial charge in [0.15, 0.2) is 5.70 Å². The second-order valence-electron chi connectivity index (χ2n) is 6.34. The maximum Gasteiger partial charge on any atom is 0.363 e. The lowest BCUT2D eigenvalue weighted by atomic mass is 10.1. The Hall–Kier alpha value is -2.49. The largest absolute Gasteiger partial charge is 0.496 e. The van der Waals surface area contributed by atoms with Crippen LogP contribution in [-0.2, 0) is 19.6 Å². The summed E-state index contributed by atoms with van der Waals surface area (Å²) < 4.78 is 38.0. The number of hydrogen-bond donors (Lipinski definition) is 0. The van der Waals surface area contributed by atoms with Crippen molar-refractivity contribution < 1.29 is 22.7 Å². The lowest BCUT2D eigenvalue weighted by Crippen LogP contribution is -2.30. The number of rotatable bonds is 7. The number of halogens is 1. The van der Waals surface area contributed by atoms with E-state index in [4.69, 9.17) is 9.47 Å². The molecule has 0 atom stereocenters. The first-order chi connectivity index (χ1) is 14.3. The predicted molar refractivity (Wildman–Crippen MR) is 118 cm³/mol. The number of aliphatic imine (C=N–C) groups is 1. The van der Waals surface area contributed by atoms with E-state index in [1.807, 2.05) is 6.07 Å². The molecule has 7 nitrogen and oxygen atoms in total. The summed E-state index contributed by atoms with van der Waals surface area (Å²) in [7, 11) is -2.02. The van der Waals surface area contributed by atoms with E-state index in [1.54, 1.807) is 51.3 Å². The van der Waals surface area contributed by atoms with Gasteiger partial charge < -0.3 is 9.47 Å². The van der Waals surface area contributed by atoms with Crippen LogP contribution in [-0.4, -0.2) is 44.8 Å². The molecule has 0 N–H and O–H groups in total. The average Bonchev–Trinajstić information content (AvgIpc) is 3.09. The third kappa shape index (κ3) is 4.48. The summed E-state index contributed by atoms with van der Waals surface area (Å²) in [5.74, 6) is 0.118. The summed E-state index contributed by atoms with van der Waals surface area (Å²) in [5.41, 5.74) is 1.30. The smallest absolute Gasteiger partial charge is 0.363 e. The van der Waals surface area contributed by atoms with Crippen LogP contribution in [0.3, 0.4) is 0 Å². The molecule has 0 radical (unpaired) electrons. The topological polar surface area (TPSA) is 85.3 Å². The molecular weight excluding hydrogens is 472 g/mol. The lowest BCUT2D eigenvalue weighted by Gasteiger charge is -2.18. The Bertz CT molecular complexity index is 1120. The number of carbonyl (C=O) groups excluding carboxylic acids is 1. The molecular formula is C21H21BrN2O5S. The van der Waals surface area contributed by atoms with Crippen molar-refractivity contribution >= 4 is 43.9 Å². The van der Waals surface area contributed by atoms with E-state index in [1.165, 1.54) is 16.4 Å². The highest BCUT2D eigenvalue weighted by atomic mass is 79.9. The number of ether oxygens (including phenoxy) is 2. The molecule has 1 heterocycles. The van der Waals surface area contributed by atoms with Gasteiger partial charge >= 0.3 is 5.97 Å². The molecule has 1 aliphatic heterocycles. The van der Waals surface area contributed by atoms with Crippen LogP contribution in [0, 0.1) is 0 Å². The SMILES string of the molecule is CCN(CC)S(=O)(=O)c1ccc(C2=N/C(=C\c3cc(Br)ccc3OC)C(=O)O2)cc1. The first-order valence-corrected chi connectivity index (χ1v) is 11.5. The second kappa shape index (κ2) is 9.11. The number of esters is 1. The minimum Gasteiger partial charge on any atom is -0.496 e. The van der Waals surface area contributed by atoms with Crippen LogP contribution in [0.1, 0.15) is 25.0 Å². The molecule has 9 heteroatoms. The van der Waals surface area contributed by atoms with Gasteiger partial charge in [-0.25, -0.2) is 18.2 Å². The zero-order chi connectivity index (χ0) is 21.9. The normalized spacial score (nSPS) is 15.4. The van der Waals surface area contributed by atoms with E-state index in [-0.39, 0.29) is 16.5 Å². The van der Waals surface area contributed by atoms with Crippen LogP contribution >= 0.6 is 15.9 Å². The molecule has 0 saturated heterocycles. The van der Waals surface area contributed by atoms with Crippen molar-refractivity contribution in [3.8, 4) is 5.75 Å². The zero-order valence-corrected chi connectivity index (χ0v) is 19.2. The minimum atomic E-state index is -3.56. The van der Waals surface area contributed by atoms with E-state index in [2.05, 4.69) is 20.9 Å². The molecule has 0 fully saturated rings. The van der Waals surface area contributed by atoms with Crippen molar-refractivity contribution in [2.75, 3.05) is 20.2 Å². The quantitative estimate of drug-likeness (QED) is 0.433. The predicted octanol–water partition coefficient (Wildman–Crippen LogP) is 3.83. The molecule has 30 heavy (non-hydrogen) atoms. The molecule has 0 saturated carbocycles. The van der Waals surface area contributed by atoms with Crippen LogP contribution in [0.2, 0.25) is 0 Å². The first-order valence-electron chi connectivity index (χ1n) is 9.26. The fourth-order valence-corrected chi connectivity index (χ4v) is 4.82. The Morgan fingerprint density at radius 1 is 1.13 bits per heavy atom. The van der Waals surface area contributed by atoms with Crippen LogP contribution in [0.5, 0.6) is 5.75 Å². The lowest BCUT2D eigenvalue weighted by molar-refractivity contribution is -0.129. The molecule has 0 amide bonds. The van der Waals surface area contributed by atoms with Crippen molar-refractivity contribution in [1.82, 2.24) is 4.31 Å². The summed E-state index contributed by atoms with van der Waals surface area (Å²) in [6, 6.07) is 11.5. The fourth-order valence-electron chi connectivity index (χ4n) is 2.98. The van der Waals surface area contributed by atoms with E-state index in [0.717, 1.165) is 4.47 Å². The second-order valence-corrected chi connectivity index (χ2v) is 9.19. The Morgan fingerprint density at radius 3 is 2.40 bits per heavy atom. The molecule has 0 aliphatic carbocycles. The molecule has 0 aromatic heterocycles. The van der Waals surface area contributed by atoms with Gasteiger partial charge in [-0.2, -0.15) is 4.31 Å². The first kappa shape index (κ1) is 22.2. The Balaban J connectivity index is 1.91. The highest BCUT2D eigenvalue weighted by Gasteiger charge is 2.26. The summed E-state index contributed by atoms with van der Waals surface area (Å²) in [6.45, 7) is 4.35. The summed E-state index contributed by atoms with van der Waals surface area (Å²) in [5, 5.41) is 0. The highest BCUT2D eigenvalue weighted by molar-refractivity contribution is 9.10. The van der Waals surface area contributed by atoms with E-state index >= 15 is 0 Å². The van der Waals surface area contributed by atoms with Crippen molar-refractivity contribution in [3.63, 3.8) is 0 Å². The molecule has 0 bridgehead atoms. The van der Waals surface area contributed by atoms with Crippen molar-refractivity contribution in [2.45, 2.75) is 18.7 Å². The summed E-state index contributed by atoms with van der Waals surface area (Å²) in [4.78, 5) is 16.7. The van der Waals surface area contributed by atoms with Gasteiger partial charge in [0.2, 0.25) is 15.9 Å². The number of nitrogens with zero attached hydrogens (tertiary/aromatic N) is 2. The third-order valence-corrected chi connectivity index (χ3v) is 7.11. The van der Waals surface area contributed by atoms with Gasteiger partial charge in [-0.15, -0.1) is 0 Å². The molecule has 158 valence electrons. The average molecular weight is 493 g/mol. The number of sulfonamides is 1. The monoisotopic (exact) mass is 492 g/mol. The van der Waals surface area contributed by atoms with Gasteiger partial charge in [-0.3, -0.25) is 0 Å². The zero-order valence-electron chi connectivity index (χ0n) is 16.8. The highest BCUT2D eigenvalue weighted by Crippen LogP contribution is 2.28. The molecule has 3 rings (SSSR count). The number of carbonyl (C=O) groups is 1. The summed E-state index contributed by atoms with van der Waals surface area (Å²) >= 11 is 3.39. The Labute approximate surface area is 184 Å². The van der Waals surface area contributed by atoms with Gasteiger partial charge in [0.1, 0.15) is 5.75 Å². The van der Waals surface area contributed by atoms with Gasteiger partial charge in [-0.05, 0) is 48.5 Å². The number of cyclic esters (lactones) is 1. The van der Waals surface area contributed by atoms with E-state index < -0.39 is 16.0 Å². The van der Waals surface area contributed by atoms with Crippen molar-refractivity contribution in [3.05, 3.63) is 63.8 Å². The number of hydrogen-bond acceptors (Lipinski definition) is 6. The maximum atomic E-state index is 12.6. The van der Waals surface area contributed by atoms with Crippen LogP contribution < -0.4 is 4.74 Å². The van der Waals surface area contributed by atoms with Crippen molar-refractivity contribution in [1.29, 1.82) is 0 Å². The molecule has 2 aromatic carbocycles. The van der Waals surface area contributed by atoms with Crippen LogP contribution in [0.25, 0.3) is 6.08 Å². The van der Waals surface area contributed by atoms with E-state index in [0.29, 0.717) is 30.0 Å². The van der Waals surface area contributed by atoms with Gasteiger partial charge in [0.25, 0.3) is 0 Å². The number of benzene rings is 2. The number of methoxy groups -OCH3 is 1. The molecule has 1 aliphatic rings. The van der Waals surface area contributed by atoms with Crippen LogP contribution in [0.15, 0.2) is 62.5 Å². The third-order valence-electron chi connectivity index (χ3n) is 4.55. The van der Waals surface area contributed by atoms with Gasteiger partial charge in [-0.1, -0.05) is 29.8 Å².